The molecule has 0 unspecified atom stereocenters. The van der Waals surface area contributed by atoms with Crippen molar-refractivity contribution in [1.82, 2.24) is 10.1 Å². The van der Waals surface area contributed by atoms with Crippen LogP contribution in [-0.4, -0.2) is 10.1 Å². The fraction of sp³-hybridized carbons (Fsp3) is 0.500. The van der Waals surface area contributed by atoms with E-state index in [1.54, 1.807) is 6.92 Å². The molecule has 0 fully saturated rings. The Bertz CT molecular complexity index is 252. The first-order chi connectivity index (χ1) is 5.18. The number of aryl methyl sites for hydroxylation is 2. The first-order valence-corrected chi connectivity index (χ1v) is 3.62. The van der Waals surface area contributed by atoms with Crippen LogP contribution in [0, 0.1) is 6.92 Å². The minimum atomic E-state index is 0.627. The van der Waals surface area contributed by atoms with Crippen LogP contribution in [0.2, 0.25) is 0 Å². The molecule has 11 heavy (non-hydrogen) atoms. The molecule has 60 valence electrons. The van der Waals surface area contributed by atoms with Crippen LogP contribution >= 0.6 is 0 Å². The maximum absolute atomic E-state index is 4.81. The number of hydrogen-bond acceptors (Lipinski definition) is 3. The monoisotopic (exact) mass is 152 g/mol. The Morgan fingerprint density at radius 1 is 1.64 bits per heavy atom. The Kier molecular flexibility index (Phi) is 2.41. The summed E-state index contributed by atoms with van der Waals surface area (Å²) >= 11 is 0. The first-order valence-electron chi connectivity index (χ1n) is 3.62. The molecule has 0 aliphatic heterocycles. The molecule has 0 saturated heterocycles. The third-order valence-electron chi connectivity index (χ3n) is 1.35. The number of rotatable bonds is 3. The molecule has 0 N–H and O–H groups in total. The number of nitrogens with zero attached hydrogens (tertiary/aromatic N) is 2. The van der Waals surface area contributed by atoms with Crippen molar-refractivity contribution in [2.24, 2.45) is 0 Å². The zero-order chi connectivity index (χ0) is 8.27. The lowest BCUT2D eigenvalue weighted by molar-refractivity contribution is 0.387. The van der Waals surface area contributed by atoms with E-state index >= 15 is 0 Å². The highest BCUT2D eigenvalue weighted by Crippen LogP contribution is 2.03. The minimum absolute atomic E-state index is 0.627. The fourth-order valence-electron chi connectivity index (χ4n) is 0.768. The highest BCUT2D eigenvalue weighted by molar-refractivity contribution is 4.93. The van der Waals surface area contributed by atoms with Gasteiger partial charge in [-0.15, -0.1) is 6.58 Å². The summed E-state index contributed by atoms with van der Waals surface area (Å²) < 4.78 is 4.81. The molecule has 1 aromatic rings. The maximum atomic E-state index is 4.81. The van der Waals surface area contributed by atoms with Crippen LogP contribution < -0.4 is 0 Å². The van der Waals surface area contributed by atoms with Crippen LogP contribution in [0.1, 0.15) is 25.1 Å². The van der Waals surface area contributed by atoms with Crippen molar-refractivity contribution in [2.75, 3.05) is 0 Å². The summed E-state index contributed by atoms with van der Waals surface area (Å²) in [5, 5.41) is 3.76. The summed E-state index contributed by atoms with van der Waals surface area (Å²) in [5.41, 5.74) is 1.15. The van der Waals surface area contributed by atoms with E-state index in [0.717, 1.165) is 24.2 Å². The average Bonchev–Trinajstić information content (AvgIpc) is 2.31. The largest absolute Gasteiger partial charge is 0.340 e. The summed E-state index contributed by atoms with van der Waals surface area (Å²) in [6.45, 7) is 7.57. The second kappa shape index (κ2) is 3.32. The predicted octanol–water partition coefficient (Wildman–Crippen LogP) is 1.89. The van der Waals surface area contributed by atoms with Crippen molar-refractivity contribution in [2.45, 2.75) is 26.7 Å². The van der Waals surface area contributed by atoms with Crippen molar-refractivity contribution < 1.29 is 4.52 Å². The third-order valence-corrected chi connectivity index (χ3v) is 1.35. The molecule has 0 atom stereocenters. The Morgan fingerprint density at radius 3 is 2.82 bits per heavy atom. The fourth-order valence-corrected chi connectivity index (χ4v) is 0.768. The van der Waals surface area contributed by atoms with E-state index in [1.807, 2.05) is 6.92 Å². The number of aromatic nitrogens is 2. The molecule has 1 heterocycles. The summed E-state index contributed by atoms with van der Waals surface area (Å²) in [6.07, 6.45) is 1.76. The van der Waals surface area contributed by atoms with Gasteiger partial charge in [0.1, 0.15) is 0 Å². The van der Waals surface area contributed by atoms with Gasteiger partial charge in [0, 0.05) is 13.3 Å². The topological polar surface area (TPSA) is 38.9 Å². The lowest BCUT2D eigenvalue weighted by Gasteiger charge is -1.91. The molecule has 0 saturated carbocycles. The molecule has 0 amide bonds. The molecule has 0 aliphatic carbocycles. The standard InChI is InChI=1S/C8H12N2O/c1-6(2)4-5-8-9-7(3)11-10-8/h1,4-5H2,2-3H3. The molecule has 3 heteroatoms. The number of hydrogen-bond donors (Lipinski definition) is 0. The summed E-state index contributed by atoms with van der Waals surface area (Å²) in [5.74, 6) is 1.40. The van der Waals surface area contributed by atoms with Gasteiger partial charge < -0.3 is 4.52 Å². The van der Waals surface area contributed by atoms with Crippen molar-refractivity contribution in [3.8, 4) is 0 Å². The Labute approximate surface area is 66.1 Å². The highest BCUT2D eigenvalue weighted by Gasteiger charge is 2.00. The van der Waals surface area contributed by atoms with Gasteiger partial charge in [-0.1, -0.05) is 10.7 Å². The second-order valence-electron chi connectivity index (χ2n) is 2.69. The molecule has 1 rings (SSSR count). The quantitative estimate of drug-likeness (QED) is 0.621. The molecular formula is C8H12N2O. The van der Waals surface area contributed by atoms with E-state index in [-0.39, 0.29) is 0 Å². The van der Waals surface area contributed by atoms with E-state index in [4.69, 9.17) is 4.52 Å². The van der Waals surface area contributed by atoms with Crippen LogP contribution in [0.5, 0.6) is 0 Å². The second-order valence-corrected chi connectivity index (χ2v) is 2.69. The smallest absolute Gasteiger partial charge is 0.223 e. The highest BCUT2D eigenvalue weighted by atomic mass is 16.5. The van der Waals surface area contributed by atoms with Gasteiger partial charge in [0.05, 0.1) is 0 Å². The molecule has 3 nitrogen and oxygen atoms in total. The van der Waals surface area contributed by atoms with E-state index in [2.05, 4.69) is 16.7 Å². The van der Waals surface area contributed by atoms with Crippen molar-refractivity contribution in [1.29, 1.82) is 0 Å². The Balaban J connectivity index is 2.45. The zero-order valence-corrected chi connectivity index (χ0v) is 6.92. The molecule has 0 radical (unpaired) electrons. The van der Waals surface area contributed by atoms with Gasteiger partial charge in [-0.3, -0.25) is 0 Å². The van der Waals surface area contributed by atoms with Crippen LogP contribution in [-0.2, 0) is 6.42 Å². The maximum Gasteiger partial charge on any atom is 0.223 e. The molecule has 0 aliphatic rings. The van der Waals surface area contributed by atoms with E-state index in [9.17, 15) is 0 Å². The Hall–Kier alpha value is -1.12. The van der Waals surface area contributed by atoms with Crippen LogP contribution in [0.3, 0.4) is 0 Å². The van der Waals surface area contributed by atoms with Gasteiger partial charge in [-0.25, -0.2) is 0 Å². The lowest BCUT2D eigenvalue weighted by Crippen LogP contribution is -1.88. The van der Waals surface area contributed by atoms with Crippen LogP contribution in [0.15, 0.2) is 16.7 Å². The van der Waals surface area contributed by atoms with Gasteiger partial charge in [0.15, 0.2) is 5.82 Å². The SMILES string of the molecule is C=C(C)CCc1noc(C)n1. The Morgan fingerprint density at radius 2 is 2.36 bits per heavy atom. The van der Waals surface area contributed by atoms with E-state index in [0.29, 0.717) is 5.89 Å². The lowest BCUT2D eigenvalue weighted by atomic mass is 10.2. The van der Waals surface area contributed by atoms with Crippen molar-refractivity contribution in [3.05, 3.63) is 23.9 Å². The van der Waals surface area contributed by atoms with Gasteiger partial charge in [-0.05, 0) is 13.3 Å². The number of allylic oxidation sites excluding steroid dienone is 1. The van der Waals surface area contributed by atoms with Crippen LogP contribution in [0.4, 0.5) is 0 Å². The van der Waals surface area contributed by atoms with Gasteiger partial charge in [0.2, 0.25) is 5.89 Å². The van der Waals surface area contributed by atoms with E-state index in [1.165, 1.54) is 0 Å². The molecular weight excluding hydrogens is 140 g/mol. The van der Waals surface area contributed by atoms with Gasteiger partial charge in [-0.2, -0.15) is 4.98 Å². The zero-order valence-electron chi connectivity index (χ0n) is 6.92. The van der Waals surface area contributed by atoms with Crippen LogP contribution in [0.25, 0.3) is 0 Å². The normalized spacial score (nSPS) is 10.0. The van der Waals surface area contributed by atoms with Crippen molar-refractivity contribution in [3.63, 3.8) is 0 Å². The molecule has 0 bridgehead atoms. The minimum Gasteiger partial charge on any atom is -0.340 e. The summed E-state index contributed by atoms with van der Waals surface area (Å²) in [6, 6.07) is 0. The van der Waals surface area contributed by atoms with Gasteiger partial charge >= 0.3 is 0 Å². The molecule has 0 aromatic carbocycles. The summed E-state index contributed by atoms with van der Waals surface area (Å²) in [7, 11) is 0. The average molecular weight is 152 g/mol. The molecule has 0 spiro atoms. The van der Waals surface area contributed by atoms with E-state index < -0.39 is 0 Å². The first kappa shape index (κ1) is 7.98. The predicted molar refractivity (Wildman–Crippen MR) is 42.2 cm³/mol. The van der Waals surface area contributed by atoms with Gasteiger partial charge in [0.25, 0.3) is 0 Å². The molecule has 1 aromatic heterocycles. The third kappa shape index (κ3) is 2.53. The summed E-state index contributed by atoms with van der Waals surface area (Å²) in [4.78, 5) is 4.06. The van der Waals surface area contributed by atoms with Crippen molar-refractivity contribution >= 4 is 0 Å².